The van der Waals surface area contributed by atoms with Crippen LogP contribution in [0.1, 0.15) is 5.56 Å². The molecule has 0 aliphatic carbocycles. The molecule has 0 fully saturated rings. The molecule has 0 radical (unpaired) electrons. The molecule has 0 amide bonds. The Morgan fingerprint density at radius 3 is 2.35 bits per heavy atom. The van der Waals surface area contributed by atoms with Gasteiger partial charge in [0.2, 0.25) is 0 Å². The average molecular weight is 276 g/mol. The van der Waals surface area contributed by atoms with Crippen molar-refractivity contribution in [2.75, 3.05) is 18.1 Å². The van der Waals surface area contributed by atoms with Gasteiger partial charge in [0.25, 0.3) is 0 Å². The number of anilines is 2. The van der Waals surface area contributed by atoms with Crippen LogP contribution in [-0.4, -0.2) is 22.9 Å². The molecule has 2 aromatic rings. The number of benzene rings is 2. The molecule has 0 aromatic heterocycles. The van der Waals surface area contributed by atoms with Crippen LogP contribution in [0.25, 0.3) is 11.1 Å². The molecule has 0 aliphatic rings. The molecule has 0 saturated carbocycles. The Balaban J connectivity index is 2.52. The van der Waals surface area contributed by atoms with Gasteiger partial charge in [-0.05, 0) is 41.0 Å². The minimum atomic E-state index is -0.903. The fraction of sp³-hybridized carbons (Fsp3) is 0.200. The van der Waals surface area contributed by atoms with Crippen LogP contribution in [0, 0.1) is 5.82 Å². The van der Waals surface area contributed by atoms with Gasteiger partial charge < -0.3 is 21.7 Å². The van der Waals surface area contributed by atoms with Crippen LogP contribution in [0.15, 0.2) is 36.4 Å². The second kappa shape index (κ2) is 5.90. The second-order valence-electron chi connectivity index (χ2n) is 4.68. The van der Waals surface area contributed by atoms with Crippen molar-refractivity contribution >= 4 is 11.4 Å². The lowest BCUT2D eigenvalue weighted by Crippen LogP contribution is -2.17. The molecule has 0 spiro atoms. The summed E-state index contributed by atoms with van der Waals surface area (Å²) in [7, 11) is 0. The number of hydrogen-bond donors (Lipinski definition) is 4. The highest BCUT2D eigenvalue weighted by Gasteiger charge is 2.14. The molecule has 2 rings (SSSR count). The zero-order chi connectivity index (χ0) is 14.7. The zero-order valence-electron chi connectivity index (χ0n) is 10.9. The first kappa shape index (κ1) is 14.3. The van der Waals surface area contributed by atoms with Gasteiger partial charge in [-0.3, -0.25) is 0 Å². The van der Waals surface area contributed by atoms with E-state index in [1.807, 2.05) is 0 Å². The highest BCUT2D eigenvalue weighted by molar-refractivity contribution is 5.77. The van der Waals surface area contributed by atoms with Gasteiger partial charge in [0.15, 0.2) is 0 Å². The predicted octanol–water partition coefficient (Wildman–Crippen LogP) is 1.55. The summed E-state index contributed by atoms with van der Waals surface area (Å²) in [5.41, 5.74) is 14.8. The highest BCUT2D eigenvalue weighted by atomic mass is 19.1. The summed E-state index contributed by atoms with van der Waals surface area (Å²) in [6.07, 6.45) is -0.699. The van der Waals surface area contributed by atoms with Crippen LogP contribution in [-0.2, 0) is 6.42 Å². The molecule has 0 saturated heterocycles. The zero-order valence-corrected chi connectivity index (χ0v) is 10.9. The summed E-state index contributed by atoms with van der Waals surface area (Å²) in [5, 5.41) is 18.6. The van der Waals surface area contributed by atoms with E-state index in [1.165, 1.54) is 12.1 Å². The minimum Gasteiger partial charge on any atom is -0.399 e. The number of hydrogen-bond acceptors (Lipinski definition) is 4. The van der Waals surface area contributed by atoms with Gasteiger partial charge in [0, 0.05) is 17.8 Å². The number of aliphatic hydroxyl groups is 2. The Hall–Kier alpha value is -2.11. The van der Waals surface area contributed by atoms with Gasteiger partial charge in [-0.1, -0.05) is 12.1 Å². The molecular weight excluding hydrogens is 259 g/mol. The van der Waals surface area contributed by atoms with Crippen LogP contribution in [0.3, 0.4) is 0 Å². The van der Waals surface area contributed by atoms with Gasteiger partial charge in [0.1, 0.15) is 5.82 Å². The van der Waals surface area contributed by atoms with Gasteiger partial charge in [0.05, 0.1) is 12.7 Å². The summed E-state index contributed by atoms with van der Waals surface area (Å²) in [6, 6.07) is 9.27. The third-order valence-electron chi connectivity index (χ3n) is 3.11. The molecular formula is C15H17FN2O2. The molecule has 0 bridgehead atoms. The van der Waals surface area contributed by atoms with Gasteiger partial charge in [-0.15, -0.1) is 0 Å². The van der Waals surface area contributed by atoms with Gasteiger partial charge in [-0.2, -0.15) is 0 Å². The molecule has 1 unspecified atom stereocenters. The molecule has 1 atom stereocenters. The molecule has 2 aromatic carbocycles. The Morgan fingerprint density at radius 2 is 1.75 bits per heavy atom. The van der Waals surface area contributed by atoms with E-state index in [0.717, 1.165) is 11.1 Å². The quantitative estimate of drug-likeness (QED) is 0.637. The van der Waals surface area contributed by atoms with Gasteiger partial charge >= 0.3 is 0 Å². The van der Waals surface area contributed by atoms with E-state index in [0.29, 0.717) is 16.9 Å². The fourth-order valence-corrected chi connectivity index (χ4v) is 2.13. The lowest BCUT2D eigenvalue weighted by molar-refractivity contribution is 0.0957. The molecule has 0 heterocycles. The highest BCUT2D eigenvalue weighted by Crippen LogP contribution is 2.31. The van der Waals surface area contributed by atoms with E-state index >= 15 is 0 Å². The van der Waals surface area contributed by atoms with Gasteiger partial charge in [-0.25, -0.2) is 4.39 Å². The third kappa shape index (κ3) is 3.07. The van der Waals surface area contributed by atoms with E-state index in [2.05, 4.69) is 0 Å². The van der Waals surface area contributed by atoms with Crippen molar-refractivity contribution in [2.45, 2.75) is 12.5 Å². The summed E-state index contributed by atoms with van der Waals surface area (Å²) < 4.78 is 13.0. The van der Waals surface area contributed by atoms with Crippen LogP contribution in [0.4, 0.5) is 15.8 Å². The maximum Gasteiger partial charge on any atom is 0.123 e. The summed E-state index contributed by atoms with van der Waals surface area (Å²) >= 11 is 0. The van der Waals surface area contributed by atoms with Crippen LogP contribution < -0.4 is 11.5 Å². The first-order chi connectivity index (χ1) is 9.51. The monoisotopic (exact) mass is 276 g/mol. The van der Waals surface area contributed by atoms with Crippen molar-refractivity contribution in [3.8, 4) is 11.1 Å². The van der Waals surface area contributed by atoms with E-state index in [-0.39, 0.29) is 18.8 Å². The number of aliphatic hydroxyl groups excluding tert-OH is 2. The molecule has 5 heteroatoms. The van der Waals surface area contributed by atoms with E-state index < -0.39 is 6.10 Å². The number of halogens is 1. The first-order valence-electron chi connectivity index (χ1n) is 6.24. The van der Waals surface area contributed by atoms with Crippen molar-refractivity contribution in [1.82, 2.24) is 0 Å². The Kier molecular flexibility index (Phi) is 4.22. The molecule has 6 N–H and O–H groups in total. The van der Waals surface area contributed by atoms with Crippen molar-refractivity contribution in [3.63, 3.8) is 0 Å². The normalized spacial score (nSPS) is 12.3. The van der Waals surface area contributed by atoms with Crippen molar-refractivity contribution < 1.29 is 14.6 Å². The summed E-state index contributed by atoms with van der Waals surface area (Å²) in [6.45, 7) is -0.354. The molecule has 20 heavy (non-hydrogen) atoms. The summed E-state index contributed by atoms with van der Waals surface area (Å²) in [5.74, 6) is -0.331. The smallest absolute Gasteiger partial charge is 0.123 e. The number of rotatable bonds is 4. The summed E-state index contributed by atoms with van der Waals surface area (Å²) in [4.78, 5) is 0. The molecule has 4 nitrogen and oxygen atoms in total. The standard InChI is InChI=1S/C15H17FN2O2/c16-10-3-1-9(2-4-10)13-5-11(17)6-15(18)14(13)7-12(20)8-19/h1-6,12,19-20H,7-8,17-18H2. The predicted molar refractivity (Wildman–Crippen MR) is 77.5 cm³/mol. The lowest BCUT2D eigenvalue weighted by Gasteiger charge is -2.16. The van der Waals surface area contributed by atoms with Crippen molar-refractivity contribution in [1.29, 1.82) is 0 Å². The van der Waals surface area contributed by atoms with E-state index in [4.69, 9.17) is 16.6 Å². The van der Waals surface area contributed by atoms with E-state index in [9.17, 15) is 9.50 Å². The first-order valence-corrected chi connectivity index (χ1v) is 6.24. The molecule has 0 aliphatic heterocycles. The fourth-order valence-electron chi connectivity index (χ4n) is 2.13. The Bertz CT molecular complexity index is 600. The van der Waals surface area contributed by atoms with Crippen molar-refractivity contribution in [2.24, 2.45) is 0 Å². The van der Waals surface area contributed by atoms with Crippen LogP contribution in [0.5, 0.6) is 0 Å². The minimum absolute atomic E-state index is 0.204. The lowest BCUT2D eigenvalue weighted by atomic mass is 9.94. The average Bonchev–Trinajstić information content (AvgIpc) is 2.42. The Labute approximate surface area is 116 Å². The van der Waals surface area contributed by atoms with E-state index in [1.54, 1.807) is 24.3 Å². The topological polar surface area (TPSA) is 92.5 Å². The van der Waals surface area contributed by atoms with Crippen LogP contribution >= 0.6 is 0 Å². The third-order valence-corrected chi connectivity index (χ3v) is 3.11. The number of nitrogens with two attached hydrogens (primary N) is 2. The maximum absolute atomic E-state index is 13.0. The maximum atomic E-state index is 13.0. The SMILES string of the molecule is Nc1cc(N)c(CC(O)CO)c(-c2ccc(F)cc2)c1. The number of nitrogen functional groups attached to an aromatic ring is 2. The largest absolute Gasteiger partial charge is 0.399 e. The van der Waals surface area contributed by atoms with Crippen LogP contribution in [0.2, 0.25) is 0 Å². The Morgan fingerprint density at radius 1 is 1.10 bits per heavy atom. The molecule has 106 valence electrons. The van der Waals surface area contributed by atoms with Crippen molar-refractivity contribution in [3.05, 3.63) is 47.8 Å². The second-order valence-corrected chi connectivity index (χ2v) is 4.68.